The van der Waals surface area contributed by atoms with Gasteiger partial charge in [0.15, 0.2) is 5.82 Å². The fraction of sp³-hybridized carbons (Fsp3) is 0. The van der Waals surface area contributed by atoms with Crippen LogP contribution < -0.4 is 5.56 Å². The zero-order valence-electron chi connectivity index (χ0n) is 6.64. The van der Waals surface area contributed by atoms with E-state index in [4.69, 9.17) is 0 Å². The van der Waals surface area contributed by atoms with Crippen LogP contribution in [0.3, 0.4) is 0 Å². The van der Waals surface area contributed by atoms with E-state index < -0.39 is 28.4 Å². The first kappa shape index (κ1) is 8.74. The van der Waals surface area contributed by atoms with E-state index in [1.165, 1.54) is 0 Å². The van der Waals surface area contributed by atoms with E-state index in [2.05, 4.69) is 4.98 Å². The Kier molecular flexibility index (Phi) is 1.77. The second-order valence-corrected chi connectivity index (χ2v) is 2.60. The summed E-state index contributed by atoms with van der Waals surface area (Å²) in [4.78, 5) is 16.2. The monoisotopic (exact) mass is 200 g/mol. The number of H-pyrrole nitrogens is 1. The van der Waals surface area contributed by atoms with E-state index in [-0.39, 0.29) is 5.65 Å². The first-order chi connectivity index (χ1) is 6.61. The van der Waals surface area contributed by atoms with Crippen molar-refractivity contribution in [3.05, 3.63) is 40.1 Å². The van der Waals surface area contributed by atoms with Gasteiger partial charge >= 0.3 is 0 Å². The minimum absolute atomic E-state index is 0.311. The highest BCUT2D eigenvalue weighted by Crippen LogP contribution is 2.16. The highest BCUT2D eigenvalue weighted by Gasteiger charge is 2.15. The molecule has 2 rings (SSSR count). The summed E-state index contributed by atoms with van der Waals surface area (Å²) in [6.07, 6.45) is 1.05. The molecule has 2 heterocycles. The fourth-order valence-corrected chi connectivity index (χ4v) is 1.11. The highest BCUT2D eigenvalue weighted by atomic mass is 19.2. The maximum Gasteiger partial charge on any atom is 0.288 e. The Balaban J connectivity index is 3.07. The Bertz CT molecular complexity index is 564. The summed E-state index contributed by atoms with van der Waals surface area (Å²) in [5, 5.41) is -0.649. The molecule has 72 valence electrons. The van der Waals surface area contributed by atoms with Gasteiger partial charge in [-0.15, -0.1) is 0 Å². The number of rotatable bonds is 0. The van der Waals surface area contributed by atoms with Crippen molar-refractivity contribution in [1.82, 2.24) is 9.97 Å². The summed E-state index contributed by atoms with van der Waals surface area (Å²) in [6, 6.07) is 0.878. The smallest absolute Gasteiger partial charge is 0.288 e. The molecule has 14 heavy (non-hydrogen) atoms. The minimum Gasteiger partial charge on any atom is -0.304 e. The summed E-state index contributed by atoms with van der Waals surface area (Å²) < 4.78 is 38.8. The second-order valence-electron chi connectivity index (χ2n) is 2.60. The van der Waals surface area contributed by atoms with Crippen LogP contribution in [0.2, 0.25) is 0 Å². The number of aromatic amines is 1. The van der Waals surface area contributed by atoms with Crippen LogP contribution in [0.1, 0.15) is 0 Å². The van der Waals surface area contributed by atoms with Crippen LogP contribution in [0, 0.1) is 17.5 Å². The molecule has 0 radical (unpaired) electrons. The van der Waals surface area contributed by atoms with Crippen LogP contribution in [0.5, 0.6) is 0 Å². The largest absolute Gasteiger partial charge is 0.304 e. The van der Waals surface area contributed by atoms with Crippen LogP contribution >= 0.6 is 0 Å². The summed E-state index contributed by atoms with van der Waals surface area (Å²) in [5.41, 5.74) is -1.57. The zero-order chi connectivity index (χ0) is 10.3. The number of nitrogens with zero attached hydrogens (tertiary/aromatic N) is 1. The van der Waals surface area contributed by atoms with E-state index in [0.29, 0.717) is 0 Å². The lowest BCUT2D eigenvalue weighted by Gasteiger charge is -1.99. The van der Waals surface area contributed by atoms with E-state index in [1.54, 1.807) is 0 Å². The van der Waals surface area contributed by atoms with Gasteiger partial charge in [-0.05, 0) is 6.07 Å². The molecular formula is C8H3F3N2O. The number of fused-ring (bicyclic) bond motifs is 1. The van der Waals surface area contributed by atoms with Crippen LogP contribution in [0.15, 0.2) is 17.1 Å². The molecule has 0 fully saturated rings. The van der Waals surface area contributed by atoms with Crippen LogP contribution in [-0.2, 0) is 0 Å². The van der Waals surface area contributed by atoms with Crippen molar-refractivity contribution in [1.29, 1.82) is 0 Å². The van der Waals surface area contributed by atoms with Gasteiger partial charge in [-0.3, -0.25) is 4.79 Å². The Morgan fingerprint density at radius 2 is 1.93 bits per heavy atom. The normalized spacial score (nSPS) is 10.8. The van der Waals surface area contributed by atoms with Gasteiger partial charge in [-0.25, -0.2) is 13.8 Å². The van der Waals surface area contributed by atoms with Crippen LogP contribution in [0.25, 0.3) is 11.0 Å². The molecule has 0 unspecified atom stereocenters. The molecular weight excluding hydrogens is 197 g/mol. The summed E-state index contributed by atoms with van der Waals surface area (Å²) >= 11 is 0. The number of hydrogen-bond acceptors (Lipinski definition) is 2. The van der Waals surface area contributed by atoms with Crippen molar-refractivity contribution in [2.24, 2.45) is 0 Å². The zero-order valence-corrected chi connectivity index (χ0v) is 6.64. The van der Waals surface area contributed by atoms with E-state index in [1.807, 2.05) is 4.98 Å². The molecule has 2 aromatic heterocycles. The lowest BCUT2D eigenvalue weighted by molar-refractivity contribution is 0.499. The maximum absolute atomic E-state index is 13.0. The molecule has 0 spiro atoms. The number of hydrogen-bond donors (Lipinski definition) is 1. The van der Waals surface area contributed by atoms with Gasteiger partial charge in [0.25, 0.3) is 5.56 Å². The third-order valence-electron chi connectivity index (χ3n) is 1.74. The number of halogens is 3. The predicted octanol–water partition coefficient (Wildman–Crippen LogP) is 1.34. The standard InChI is InChI=1S/C8H3F3N2O/c9-3-1-2-12-7-4(3)5(10)6(11)8(14)13-7/h1-2H,(H,12,13,14). The first-order valence-corrected chi connectivity index (χ1v) is 3.62. The lowest BCUT2D eigenvalue weighted by Crippen LogP contribution is -2.14. The number of pyridine rings is 2. The minimum atomic E-state index is -1.63. The van der Waals surface area contributed by atoms with E-state index in [9.17, 15) is 18.0 Å². The average Bonchev–Trinajstić information content (AvgIpc) is 2.14. The third kappa shape index (κ3) is 1.07. The fourth-order valence-electron chi connectivity index (χ4n) is 1.11. The Morgan fingerprint density at radius 1 is 1.21 bits per heavy atom. The van der Waals surface area contributed by atoms with E-state index in [0.717, 1.165) is 12.3 Å². The summed E-state index contributed by atoms with van der Waals surface area (Å²) in [5.74, 6) is -4.12. The van der Waals surface area contributed by atoms with Crippen molar-refractivity contribution in [3.63, 3.8) is 0 Å². The van der Waals surface area contributed by atoms with Gasteiger partial charge in [0.2, 0.25) is 5.82 Å². The number of nitrogens with one attached hydrogen (secondary N) is 1. The van der Waals surface area contributed by atoms with Gasteiger partial charge in [0, 0.05) is 6.20 Å². The summed E-state index contributed by atoms with van der Waals surface area (Å²) in [7, 11) is 0. The van der Waals surface area contributed by atoms with Gasteiger partial charge in [0.1, 0.15) is 11.5 Å². The van der Waals surface area contributed by atoms with Gasteiger partial charge in [-0.2, -0.15) is 4.39 Å². The number of aromatic nitrogens is 2. The van der Waals surface area contributed by atoms with E-state index >= 15 is 0 Å². The Labute approximate surface area is 75.2 Å². The molecule has 0 aliphatic rings. The van der Waals surface area contributed by atoms with Crippen molar-refractivity contribution in [2.75, 3.05) is 0 Å². The van der Waals surface area contributed by atoms with Gasteiger partial charge < -0.3 is 4.98 Å². The highest BCUT2D eigenvalue weighted by molar-refractivity contribution is 5.75. The predicted molar refractivity (Wildman–Crippen MR) is 42.2 cm³/mol. The molecule has 0 aliphatic carbocycles. The second kappa shape index (κ2) is 2.83. The van der Waals surface area contributed by atoms with Gasteiger partial charge in [-0.1, -0.05) is 0 Å². The molecule has 0 aromatic carbocycles. The van der Waals surface area contributed by atoms with Crippen molar-refractivity contribution >= 4 is 11.0 Å². The third-order valence-corrected chi connectivity index (χ3v) is 1.74. The molecule has 0 atom stereocenters. The molecule has 6 heteroatoms. The molecule has 0 saturated carbocycles. The molecule has 0 amide bonds. The molecule has 3 nitrogen and oxygen atoms in total. The maximum atomic E-state index is 13.0. The molecule has 0 saturated heterocycles. The molecule has 0 bridgehead atoms. The average molecular weight is 200 g/mol. The van der Waals surface area contributed by atoms with Crippen LogP contribution in [0.4, 0.5) is 13.2 Å². The topological polar surface area (TPSA) is 45.8 Å². The quantitative estimate of drug-likeness (QED) is 0.697. The first-order valence-electron chi connectivity index (χ1n) is 3.62. The van der Waals surface area contributed by atoms with Crippen LogP contribution in [-0.4, -0.2) is 9.97 Å². The van der Waals surface area contributed by atoms with Crippen molar-refractivity contribution < 1.29 is 13.2 Å². The molecule has 2 aromatic rings. The SMILES string of the molecule is O=c1[nH]c2nccc(F)c2c(F)c1F. The molecule has 0 aliphatic heterocycles. The Morgan fingerprint density at radius 3 is 2.64 bits per heavy atom. The molecule has 1 N–H and O–H groups in total. The van der Waals surface area contributed by atoms with Crippen molar-refractivity contribution in [2.45, 2.75) is 0 Å². The Hall–Kier alpha value is -1.85. The van der Waals surface area contributed by atoms with Gasteiger partial charge in [0.05, 0.1) is 5.39 Å². The lowest BCUT2D eigenvalue weighted by atomic mass is 10.2. The van der Waals surface area contributed by atoms with Crippen molar-refractivity contribution in [3.8, 4) is 0 Å². The summed E-state index contributed by atoms with van der Waals surface area (Å²) in [6.45, 7) is 0.